The fourth-order valence-corrected chi connectivity index (χ4v) is 12.8. The predicted molar refractivity (Wildman–Crippen MR) is 221 cm³/mol. The van der Waals surface area contributed by atoms with Crippen molar-refractivity contribution in [1.29, 1.82) is 0 Å². The Bertz CT molecular complexity index is 1710. The van der Waals surface area contributed by atoms with Crippen LogP contribution >= 0.6 is 0 Å². The van der Waals surface area contributed by atoms with Gasteiger partial charge in [0.05, 0.1) is 38.1 Å². The normalized spacial score (nSPS) is 42.7. The highest BCUT2D eigenvalue weighted by molar-refractivity contribution is 5.89. The molecule has 6 fully saturated rings. The Morgan fingerprint density at radius 2 is 1.50 bits per heavy atom. The zero-order valence-corrected chi connectivity index (χ0v) is 37.1. The third-order valence-electron chi connectivity index (χ3n) is 16.3. The summed E-state index contributed by atoms with van der Waals surface area (Å²) in [6, 6.07) is 6.11. The summed E-state index contributed by atoms with van der Waals surface area (Å²) in [6.45, 7) is 9.30. The second-order valence-electron chi connectivity index (χ2n) is 19.9. The Hall–Kier alpha value is -2.73. The maximum atomic E-state index is 13.9. The van der Waals surface area contributed by atoms with Crippen LogP contribution in [0.4, 0.5) is 0 Å². The van der Waals surface area contributed by atoms with Crippen LogP contribution in [0.3, 0.4) is 0 Å². The molecule has 15 heteroatoms. The minimum absolute atomic E-state index is 0.0184. The van der Waals surface area contributed by atoms with E-state index in [1.807, 2.05) is 13.8 Å². The van der Waals surface area contributed by atoms with E-state index in [-0.39, 0.29) is 77.7 Å². The van der Waals surface area contributed by atoms with Crippen molar-refractivity contribution < 1.29 is 73.1 Å². The summed E-state index contributed by atoms with van der Waals surface area (Å²) in [6.07, 6.45) is -4.06. The smallest absolute Gasteiger partial charge is 0.338 e. The largest absolute Gasteiger partial charge is 0.497 e. The molecule has 4 aliphatic carbocycles. The lowest BCUT2D eigenvalue weighted by Gasteiger charge is -2.61. The summed E-state index contributed by atoms with van der Waals surface area (Å²) in [5, 5.41) is 53.5. The molecule has 5 unspecified atom stereocenters. The van der Waals surface area contributed by atoms with Gasteiger partial charge in [-0.05, 0) is 128 Å². The SMILES string of the molecule is COc1ccc(C(=O)O[C@H]2[C@H](O[C@@H]3[C@@H](OC(C)=O)[C@H](O[C@@H]4CC([C@H](C)C(=O)CC[C@@H](C)CO)[C@@]5(C)CCC6C(CCC7C[C@@H](O)CC[C@@]76C)C45)OC[C@@H]3O)OC[C@@H](O)[C@@H]2O)cc1. The number of aliphatic hydroxyl groups excluding tert-OH is 5. The first-order valence-corrected chi connectivity index (χ1v) is 22.9. The van der Waals surface area contributed by atoms with Gasteiger partial charge in [0, 0.05) is 25.9 Å². The lowest BCUT2D eigenvalue weighted by molar-refractivity contribution is -0.341. The summed E-state index contributed by atoms with van der Waals surface area (Å²) in [5.41, 5.74) is -0.0692. The number of carbonyl (C=O) groups excluding carboxylic acids is 3. The molecule has 0 radical (unpaired) electrons. The monoisotopic (exact) mass is 874 g/mol. The molecule has 0 bridgehead atoms. The molecule has 4 saturated carbocycles. The molecule has 19 atom stereocenters. The Balaban J connectivity index is 1.16. The maximum absolute atomic E-state index is 13.9. The summed E-state index contributed by atoms with van der Waals surface area (Å²) in [7, 11) is 1.49. The van der Waals surface area contributed by atoms with Crippen LogP contribution in [0.2, 0.25) is 0 Å². The zero-order chi connectivity index (χ0) is 44.7. The first kappa shape index (κ1) is 47.2. The molecule has 2 heterocycles. The second kappa shape index (κ2) is 19.4. The third-order valence-corrected chi connectivity index (χ3v) is 16.3. The molecular formula is C47H70O15. The molecule has 0 spiro atoms. The highest BCUT2D eigenvalue weighted by atomic mass is 16.7. The van der Waals surface area contributed by atoms with Crippen molar-refractivity contribution in [3.8, 4) is 5.75 Å². The predicted octanol–water partition coefficient (Wildman–Crippen LogP) is 3.96. The van der Waals surface area contributed by atoms with Gasteiger partial charge in [0.15, 0.2) is 24.8 Å². The summed E-state index contributed by atoms with van der Waals surface area (Å²) < 4.78 is 42.2. The Kier molecular flexibility index (Phi) is 14.8. The van der Waals surface area contributed by atoms with Crippen molar-refractivity contribution in [3.05, 3.63) is 29.8 Å². The van der Waals surface area contributed by atoms with E-state index in [1.165, 1.54) is 26.2 Å². The summed E-state index contributed by atoms with van der Waals surface area (Å²) >= 11 is 0. The van der Waals surface area contributed by atoms with Crippen molar-refractivity contribution >= 4 is 17.7 Å². The van der Waals surface area contributed by atoms with Crippen LogP contribution < -0.4 is 4.74 Å². The number of Topliss-reactive ketones (excluding diaryl/α,β-unsaturated/α-hetero) is 1. The number of benzene rings is 1. The molecule has 0 amide bonds. The topological polar surface area (TPSA) is 217 Å². The summed E-state index contributed by atoms with van der Waals surface area (Å²) in [4.78, 5) is 40.1. The fourth-order valence-electron chi connectivity index (χ4n) is 12.8. The molecule has 7 rings (SSSR count). The third kappa shape index (κ3) is 9.35. The average Bonchev–Trinajstić information content (AvgIpc) is 3.55. The number of aliphatic hydroxyl groups is 5. The van der Waals surface area contributed by atoms with Crippen molar-refractivity contribution in [2.45, 2.75) is 160 Å². The van der Waals surface area contributed by atoms with E-state index in [0.717, 1.165) is 44.9 Å². The molecule has 2 aliphatic heterocycles. The number of hydrogen-bond acceptors (Lipinski definition) is 15. The number of esters is 2. The maximum Gasteiger partial charge on any atom is 0.338 e. The molecule has 15 nitrogen and oxygen atoms in total. The lowest BCUT2D eigenvalue weighted by atomic mass is 9.44. The standard InChI is InChI=1S/C47H70O15/c1-24(21-48)7-14-34(51)25(2)33-20-37(38-31-13-10-28-19-29(50)15-17-46(28,4)32(31)16-18-47(33,38)5)60-45-42(59-26(3)49)40(36(53)23-58-45)62-44-41(39(54)35(52)22-57-44)61-43(55)27-8-11-30(56-6)12-9-27/h8-9,11-12,24-25,28-29,31-33,35-42,44-45,48,50,52-54H,7,10,13-23H2,1-6H3/t24-,25+,28?,29+,31?,32?,33?,35-,36+,37-,38?,39+,40+,41-,42-,44+,45+,46+,47-/m1/s1. The van der Waals surface area contributed by atoms with E-state index in [1.54, 1.807) is 12.1 Å². The highest BCUT2D eigenvalue weighted by Crippen LogP contribution is 2.69. The van der Waals surface area contributed by atoms with Crippen molar-refractivity contribution in [3.63, 3.8) is 0 Å². The van der Waals surface area contributed by atoms with E-state index in [4.69, 9.17) is 33.2 Å². The van der Waals surface area contributed by atoms with Gasteiger partial charge < -0.3 is 58.7 Å². The van der Waals surface area contributed by atoms with E-state index in [9.17, 15) is 39.9 Å². The quantitative estimate of drug-likeness (QED) is 0.167. The molecule has 5 N–H and O–H groups in total. The van der Waals surface area contributed by atoms with Gasteiger partial charge in [0.2, 0.25) is 0 Å². The van der Waals surface area contributed by atoms with E-state index >= 15 is 0 Å². The van der Waals surface area contributed by atoms with Gasteiger partial charge in [-0.15, -0.1) is 0 Å². The van der Waals surface area contributed by atoms with Gasteiger partial charge in [0.25, 0.3) is 0 Å². The van der Waals surface area contributed by atoms with E-state index < -0.39 is 67.2 Å². The Morgan fingerprint density at radius 1 is 0.823 bits per heavy atom. The molecule has 62 heavy (non-hydrogen) atoms. The number of ether oxygens (including phenoxy) is 7. The fraction of sp³-hybridized carbons (Fsp3) is 0.809. The van der Waals surface area contributed by atoms with Crippen LogP contribution in [0, 0.1) is 52.3 Å². The van der Waals surface area contributed by atoms with Crippen LogP contribution in [0.25, 0.3) is 0 Å². The zero-order valence-electron chi connectivity index (χ0n) is 37.1. The van der Waals surface area contributed by atoms with E-state index in [0.29, 0.717) is 36.8 Å². The molecule has 348 valence electrons. The van der Waals surface area contributed by atoms with Gasteiger partial charge in [-0.3, -0.25) is 9.59 Å². The number of hydrogen-bond donors (Lipinski definition) is 5. The number of ketones is 1. The summed E-state index contributed by atoms with van der Waals surface area (Å²) in [5.74, 6) is 0.00569. The molecule has 2 saturated heterocycles. The molecule has 1 aromatic carbocycles. The minimum atomic E-state index is -1.62. The number of methoxy groups -OCH3 is 1. The van der Waals surface area contributed by atoms with Crippen LogP contribution in [0.15, 0.2) is 24.3 Å². The van der Waals surface area contributed by atoms with Crippen molar-refractivity contribution in [2.24, 2.45) is 52.3 Å². The minimum Gasteiger partial charge on any atom is -0.497 e. The Labute approximate surface area is 365 Å². The Morgan fingerprint density at radius 3 is 2.18 bits per heavy atom. The van der Waals surface area contributed by atoms with Crippen LogP contribution in [0.1, 0.15) is 109 Å². The number of carbonyl (C=O) groups is 3. The molecular weight excluding hydrogens is 805 g/mol. The van der Waals surface area contributed by atoms with Gasteiger partial charge in [-0.1, -0.05) is 27.7 Å². The van der Waals surface area contributed by atoms with Gasteiger partial charge in [0.1, 0.15) is 35.9 Å². The van der Waals surface area contributed by atoms with Crippen LogP contribution in [0.5, 0.6) is 5.75 Å². The lowest BCUT2D eigenvalue weighted by Crippen LogP contribution is -2.62. The van der Waals surface area contributed by atoms with Crippen LogP contribution in [-0.4, -0.2) is 132 Å². The van der Waals surface area contributed by atoms with Gasteiger partial charge >= 0.3 is 11.9 Å². The second-order valence-corrected chi connectivity index (χ2v) is 19.9. The molecule has 0 aromatic heterocycles. The molecule has 1 aromatic rings. The highest BCUT2D eigenvalue weighted by Gasteiger charge is 2.65. The van der Waals surface area contributed by atoms with Crippen molar-refractivity contribution in [1.82, 2.24) is 0 Å². The number of rotatable bonds is 14. The van der Waals surface area contributed by atoms with Gasteiger partial charge in [-0.2, -0.15) is 0 Å². The van der Waals surface area contributed by atoms with Crippen LogP contribution in [-0.2, 0) is 38.0 Å². The first-order valence-electron chi connectivity index (χ1n) is 22.9. The average molecular weight is 875 g/mol. The molecule has 6 aliphatic rings. The van der Waals surface area contributed by atoms with Gasteiger partial charge in [-0.25, -0.2) is 4.79 Å². The van der Waals surface area contributed by atoms with Crippen molar-refractivity contribution in [2.75, 3.05) is 26.9 Å². The first-order chi connectivity index (χ1) is 29.5. The van der Waals surface area contributed by atoms with E-state index in [2.05, 4.69) is 13.8 Å². The number of fused-ring (bicyclic) bond motifs is 5.